The predicted octanol–water partition coefficient (Wildman–Crippen LogP) is 2.88. The molecule has 3 aromatic rings. The number of nitrogens with one attached hydrogen (secondary N) is 1. The number of anilines is 1. The number of carbonyl (C=O) groups excluding carboxylic acids is 1. The minimum absolute atomic E-state index is 0.00913. The van der Waals surface area contributed by atoms with Gasteiger partial charge in [-0.3, -0.25) is 19.5 Å². The fourth-order valence-electron chi connectivity index (χ4n) is 2.59. The minimum atomic E-state index is -1.30. The van der Waals surface area contributed by atoms with Gasteiger partial charge < -0.3 is 9.84 Å². The summed E-state index contributed by atoms with van der Waals surface area (Å²) in [6.07, 6.45) is 0.179. The second-order valence-electron chi connectivity index (χ2n) is 5.98. The van der Waals surface area contributed by atoms with Crippen molar-refractivity contribution in [3.05, 3.63) is 82.5 Å². The quantitative estimate of drug-likeness (QED) is 0.662. The average Bonchev–Trinajstić information content (AvgIpc) is 2.70. The van der Waals surface area contributed by atoms with Gasteiger partial charge >= 0.3 is 12.1 Å². The zero-order valence-electron chi connectivity index (χ0n) is 15.0. The molecule has 0 aliphatic carbocycles. The molecule has 0 saturated heterocycles. The van der Waals surface area contributed by atoms with Gasteiger partial charge in [0.05, 0.1) is 6.20 Å². The molecule has 0 saturated carbocycles. The lowest BCUT2D eigenvalue weighted by atomic mass is 10.2. The zero-order valence-corrected chi connectivity index (χ0v) is 15.0. The van der Waals surface area contributed by atoms with Gasteiger partial charge in [-0.2, -0.15) is 0 Å². The number of carbonyl (C=O) groups is 2. The molecule has 9 heteroatoms. The van der Waals surface area contributed by atoms with Crippen LogP contribution in [0.2, 0.25) is 0 Å². The number of hydrogen-bond acceptors (Lipinski definition) is 5. The van der Waals surface area contributed by atoms with Crippen LogP contribution in [0.4, 0.5) is 14.9 Å². The summed E-state index contributed by atoms with van der Waals surface area (Å²) in [6, 6.07) is 14.2. The number of nitrogens with zero attached hydrogens (tertiary/aromatic N) is 2. The third-order valence-corrected chi connectivity index (χ3v) is 3.87. The number of aliphatic carboxylic acids is 1. The molecule has 2 aromatic carbocycles. The molecule has 0 unspecified atom stereocenters. The van der Waals surface area contributed by atoms with Crippen LogP contribution in [0.5, 0.6) is 0 Å². The highest BCUT2D eigenvalue weighted by Crippen LogP contribution is 2.18. The first-order valence-corrected chi connectivity index (χ1v) is 8.49. The number of hydrogen-bond donors (Lipinski definition) is 2. The van der Waals surface area contributed by atoms with Crippen molar-refractivity contribution in [1.29, 1.82) is 0 Å². The molecule has 0 fully saturated rings. The van der Waals surface area contributed by atoms with Gasteiger partial charge in [0.1, 0.15) is 30.5 Å². The molecule has 0 atom stereocenters. The summed E-state index contributed by atoms with van der Waals surface area (Å²) in [6.45, 7) is -0.725. The van der Waals surface area contributed by atoms with Crippen LogP contribution in [0.25, 0.3) is 11.4 Å². The van der Waals surface area contributed by atoms with Gasteiger partial charge in [-0.15, -0.1) is 0 Å². The van der Waals surface area contributed by atoms with E-state index in [1.165, 1.54) is 18.2 Å². The summed E-state index contributed by atoms with van der Waals surface area (Å²) in [7, 11) is 0. The van der Waals surface area contributed by atoms with Gasteiger partial charge in [0.2, 0.25) is 0 Å². The van der Waals surface area contributed by atoms with Crippen LogP contribution in [0, 0.1) is 5.82 Å². The Bertz CT molecular complexity index is 1100. The lowest BCUT2D eigenvalue weighted by molar-refractivity contribution is -0.137. The number of carboxylic acid groups (broad SMARTS) is 1. The highest BCUT2D eigenvalue weighted by atomic mass is 19.1. The Morgan fingerprint density at radius 3 is 2.59 bits per heavy atom. The van der Waals surface area contributed by atoms with Gasteiger partial charge in [0.25, 0.3) is 5.56 Å². The van der Waals surface area contributed by atoms with Crippen molar-refractivity contribution >= 4 is 17.7 Å². The first kappa shape index (κ1) is 19.7. The molecule has 8 nitrogen and oxygen atoms in total. The Hall–Kier alpha value is -4.01. The van der Waals surface area contributed by atoms with Gasteiger partial charge in [0, 0.05) is 5.56 Å². The topological polar surface area (TPSA) is 111 Å². The fraction of sp³-hybridized carbons (Fsp3) is 0.100. The van der Waals surface area contributed by atoms with Gasteiger partial charge in [-0.25, -0.2) is 14.2 Å². The molecular weight excluding hydrogens is 381 g/mol. The number of aromatic nitrogens is 2. The van der Waals surface area contributed by atoms with Crippen molar-refractivity contribution in [2.75, 3.05) is 5.32 Å². The Morgan fingerprint density at radius 1 is 1.14 bits per heavy atom. The number of carboxylic acids is 1. The van der Waals surface area contributed by atoms with Crippen molar-refractivity contribution in [2.24, 2.45) is 0 Å². The first-order valence-electron chi connectivity index (χ1n) is 8.49. The molecule has 0 aliphatic heterocycles. The Morgan fingerprint density at radius 2 is 1.90 bits per heavy atom. The van der Waals surface area contributed by atoms with Crippen molar-refractivity contribution in [2.45, 2.75) is 13.2 Å². The Labute approximate surface area is 164 Å². The Balaban J connectivity index is 1.85. The first-order chi connectivity index (χ1) is 13.9. The van der Waals surface area contributed by atoms with Crippen LogP contribution in [-0.4, -0.2) is 26.7 Å². The maximum Gasteiger partial charge on any atom is 0.412 e. The summed E-state index contributed by atoms with van der Waals surface area (Å²) < 4.78 is 19.4. The third kappa shape index (κ3) is 5.04. The number of halogens is 1. The molecule has 2 N–H and O–H groups in total. The third-order valence-electron chi connectivity index (χ3n) is 3.87. The number of rotatable bonds is 6. The summed E-state index contributed by atoms with van der Waals surface area (Å²) in [4.78, 5) is 39.9. The molecule has 0 aliphatic rings. The molecule has 0 bridgehead atoms. The van der Waals surface area contributed by atoms with Gasteiger partial charge in [0.15, 0.2) is 0 Å². The van der Waals surface area contributed by atoms with Crippen molar-refractivity contribution in [1.82, 2.24) is 9.55 Å². The maximum absolute atomic E-state index is 13.5. The van der Waals surface area contributed by atoms with Crippen LogP contribution >= 0.6 is 0 Å². The molecule has 29 heavy (non-hydrogen) atoms. The van der Waals surface area contributed by atoms with Gasteiger partial charge in [-0.05, 0) is 17.7 Å². The summed E-state index contributed by atoms with van der Waals surface area (Å²) in [5.41, 5.74) is -0.0881. The lowest BCUT2D eigenvalue weighted by Gasteiger charge is -2.13. The van der Waals surface area contributed by atoms with Crippen molar-refractivity contribution < 1.29 is 23.8 Å². The van der Waals surface area contributed by atoms with Crippen LogP contribution in [0.1, 0.15) is 5.56 Å². The molecule has 1 heterocycles. The second-order valence-corrected chi connectivity index (χ2v) is 5.98. The SMILES string of the molecule is O=C(O)Cn1c(-c2cccc(F)c2)ncc(NC(=O)OCc2ccccc2)c1=O. The van der Waals surface area contributed by atoms with E-state index < -0.39 is 30.0 Å². The highest BCUT2D eigenvalue weighted by molar-refractivity contribution is 5.84. The maximum atomic E-state index is 13.5. The van der Waals surface area contributed by atoms with Crippen LogP contribution in [0.3, 0.4) is 0 Å². The predicted molar refractivity (Wildman–Crippen MR) is 102 cm³/mol. The molecule has 3 rings (SSSR count). The summed E-state index contributed by atoms with van der Waals surface area (Å²) in [5.74, 6) is -1.90. The molecule has 1 aromatic heterocycles. The summed E-state index contributed by atoms with van der Waals surface area (Å²) in [5, 5.41) is 11.4. The number of benzene rings is 2. The van der Waals surface area contributed by atoms with Crippen LogP contribution in [0.15, 0.2) is 65.6 Å². The van der Waals surface area contributed by atoms with Crippen LogP contribution < -0.4 is 10.9 Å². The molecular formula is C20H16FN3O5. The fourth-order valence-corrected chi connectivity index (χ4v) is 2.59. The highest BCUT2D eigenvalue weighted by Gasteiger charge is 2.17. The smallest absolute Gasteiger partial charge is 0.412 e. The number of ether oxygens (including phenoxy) is 1. The Kier molecular flexibility index (Phi) is 5.98. The summed E-state index contributed by atoms with van der Waals surface area (Å²) >= 11 is 0. The van der Waals surface area contributed by atoms with E-state index in [1.807, 2.05) is 6.07 Å². The van der Waals surface area contributed by atoms with E-state index in [2.05, 4.69) is 10.3 Å². The molecule has 1 amide bonds. The monoisotopic (exact) mass is 397 g/mol. The largest absolute Gasteiger partial charge is 0.480 e. The zero-order chi connectivity index (χ0) is 20.8. The van der Waals surface area contributed by atoms with Gasteiger partial charge in [-0.1, -0.05) is 42.5 Å². The standard InChI is InChI=1S/C20H16FN3O5/c21-15-8-4-7-14(9-15)18-22-10-16(19(27)24(18)11-17(25)26)23-20(28)29-12-13-5-2-1-3-6-13/h1-10H,11-12H2,(H,23,28)(H,25,26). The number of amides is 1. The molecule has 148 valence electrons. The second kappa shape index (κ2) is 8.79. The van der Waals surface area contributed by atoms with E-state index in [4.69, 9.17) is 9.84 Å². The lowest BCUT2D eigenvalue weighted by Crippen LogP contribution is -2.30. The van der Waals surface area contributed by atoms with Crippen LogP contribution in [-0.2, 0) is 22.7 Å². The van der Waals surface area contributed by atoms with E-state index in [0.29, 0.717) is 0 Å². The average molecular weight is 397 g/mol. The molecule has 0 spiro atoms. The minimum Gasteiger partial charge on any atom is -0.480 e. The van der Waals surface area contributed by atoms with E-state index in [1.54, 1.807) is 24.3 Å². The van der Waals surface area contributed by atoms with Crippen molar-refractivity contribution in [3.8, 4) is 11.4 Å². The van der Waals surface area contributed by atoms with E-state index in [0.717, 1.165) is 22.4 Å². The van der Waals surface area contributed by atoms with E-state index in [9.17, 15) is 18.8 Å². The molecule has 0 radical (unpaired) electrons. The normalized spacial score (nSPS) is 10.4. The van der Waals surface area contributed by atoms with Crippen molar-refractivity contribution in [3.63, 3.8) is 0 Å². The van der Waals surface area contributed by atoms with E-state index in [-0.39, 0.29) is 23.7 Å². The van der Waals surface area contributed by atoms with E-state index >= 15 is 0 Å².